The fraction of sp³-hybridized carbons (Fsp3) is 0.500. The molecule has 26 heavy (non-hydrogen) atoms. The average molecular weight is 483 g/mol. The highest BCUT2D eigenvalue weighted by molar-refractivity contribution is 14.0. The van der Waals surface area contributed by atoms with E-state index in [1.165, 1.54) is 11.6 Å². The van der Waals surface area contributed by atoms with Crippen LogP contribution < -0.4 is 10.6 Å². The Balaban J connectivity index is 0.00000338. The molecule has 2 N–H and O–H groups in total. The third kappa shape index (κ3) is 7.14. The first-order chi connectivity index (χ1) is 11.9. The molecule has 0 aromatic heterocycles. The van der Waals surface area contributed by atoms with Crippen molar-refractivity contribution in [2.75, 3.05) is 26.8 Å². The highest BCUT2D eigenvalue weighted by atomic mass is 127. The van der Waals surface area contributed by atoms with E-state index in [1.54, 1.807) is 13.1 Å². The molecule has 4 nitrogen and oxygen atoms in total. The summed E-state index contributed by atoms with van der Waals surface area (Å²) < 4.78 is 43.8. The fourth-order valence-electron chi connectivity index (χ4n) is 2.60. The fourth-order valence-corrected chi connectivity index (χ4v) is 2.60. The number of halogens is 4. The molecule has 0 aliphatic carbocycles. The van der Waals surface area contributed by atoms with Crippen molar-refractivity contribution >= 4 is 29.9 Å². The van der Waals surface area contributed by atoms with Crippen molar-refractivity contribution in [2.24, 2.45) is 4.99 Å². The normalized spacial score (nSPS) is 16.3. The minimum absolute atomic E-state index is 0. The first-order valence-electron chi connectivity index (χ1n) is 8.30. The molecule has 1 heterocycles. The summed E-state index contributed by atoms with van der Waals surface area (Å²) in [5.74, 6) is 0.567. The molecule has 1 aromatic carbocycles. The minimum atomic E-state index is -4.34. The molecule has 1 aliphatic rings. The van der Waals surface area contributed by atoms with Gasteiger partial charge in [0.2, 0.25) is 0 Å². The van der Waals surface area contributed by atoms with Gasteiger partial charge in [0.15, 0.2) is 5.96 Å². The van der Waals surface area contributed by atoms with E-state index in [0.29, 0.717) is 24.7 Å². The summed E-state index contributed by atoms with van der Waals surface area (Å²) in [7, 11) is 1.64. The lowest BCUT2D eigenvalue weighted by Gasteiger charge is -2.20. The number of rotatable bonds is 5. The summed E-state index contributed by atoms with van der Waals surface area (Å²) in [4.78, 5) is 4.14. The second-order valence-corrected chi connectivity index (χ2v) is 5.93. The van der Waals surface area contributed by atoms with Gasteiger partial charge in [0.05, 0.1) is 24.8 Å². The monoisotopic (exact) mass is 483 g/mol. The Hall–Kier alpha value is -1.29. The first-order valence-corrected chi connectivity index (χ1v) is 8.30. The van der Waals surface area contributed by atoms with E-state index in [1.807, 2.05) is 6.92 Å². The van der Waals surface area contributed by atoms with Gasteiger partial charge in [-0.25, -0.2) is 0 Å². The molecule has 8 heteroatoms. The van der Waals surface area contributed by atoms with Gasteiger partial charge in [-0.3, -0.25) is 4.99 Å². The van der Waals surface area contributed by atoms with Crippen LogP contribution in [-0.4, -0.2) is 32.8 Å². The van der Waals surface area contributed by atoms with Crippen molar-refractivity contribution < 1.29 is 17.9 Å². The average Bonchev–Trinajstić information content (AvgIpc) is 2.61. The quantitative estimate of drug-likeness (QED) is 0.285. The van der Waals surface area contributed by atoms with Gasteiger partial charge in [-0.05, 0) is 37.5 Å². The molecule has 146 valence electrons. The van der Waals surface area contributed by atoms with Crippen LogP contribution in [0, 0.1) is 0 Å². The van der Waals surface area contributed by atoms with Crippen molar-refractivity contribution in [3.05, 3.63) is 47.0 Å². The zero-order chi connectivity index (χ0) is 18.3. The van der Waals surface area contributed by atoms with Crippen LogP contribution in [0.5, 0.6) is 0 Å². The lowest BCUT2D eigenvalue weighted by Crippen LogP contribution is -2.39. The van der Waals surface area contributed by atoms with E-state index < -0.39 is 11.7 Å². The van der Waals surface area contributed by atoms with Crippen LogP contribution in [-0.2, 0) is 10.9 Å². The summed E-state index contributed by atoms with van der Waals surface area (Å²) in [6, 6.07) is 5.04. The van der Waals surface area contributed by atoms with Crippen molar-refractivity contribution in [1.29, 1.82) is 0 Å². The number of hydrogen-bond acceptors (Lipinski definition) is 2. The summed E-state index contributed by atoms with van der Waals surface area (Å²) in [5, 5.41) is 6.32. The molecule has 0 amide bonds. The molecule has 1 atom stereocenters. The molecular weight excluding hydrogens is 458 g/mol. The van der Waals surface area contributed by atoms with Gasteiger partial charge in [0.25, 0.3) is 0 Å². The maximum Gasteiger partial charge on any atom is 0.416 e. The van der Waals surface area contributed by atoms with E-state index >= 15 is 0 Å². The standard InChI is InChI=1S/C18H24F3N3O.HI/c1-13(15-4-3-5-16(12-15)18(19,20)21)24-17(22-2)23-9-6-14-7-10-25-11-8-14;/h3-5,7,12-13H,6,8-11H2,1-2H3,(H2,22,23,24);1H. The maximum absolute atomic E-state index is 12.8. The van der Waals surface area contributed by atoms with Crippen LogP contribution in [0.1, 0.15) is 36.9 Å². The van der Waals surface area contributed by atoms with Crippen LogP contribution >= 0.6 is 24.0 Å². The molecule has 1 aromatic rings. The number of hydrogen-bond donors (Lipinski definition) is 2. The summed E-state index contributed by atoms with van der Waals surface area (Å²) in [5.41, 5.74) is 1.26. The second-order valence-electron chi connectivity index (χ2n) is 5.93. The first kappa shape index (κ1) is 22.8. The van der Waals surface area contributed by atoms with E-state index in [9.17, 15) is 13.2 Å². The number of nitrogens with zero attached hydrogens (tertiary/aromatic N) is 1. The molecule has 0 fully saturated rings. The van der Waals surface area contributed by atoms with Gasteiger partial charge in [-0.1, -0.05) is 23.8 Å². The topological polar surface area (TPSA) is 45.7 Å². The summed E-state index contributed by atoms with van der Waals surface area (Å²) in [6.07, 6.45) is -0.421. The number of ether oxygens (including phenoxy) is 1. The Bertz CT molecular complexity index is 632. The largest absolute Gasteiger partial charge is 0.416 e. The SMILES string of the molecule is CN=C(NCCC1=CCOCC1)NC(C)c1cccc(C(F)(F)F)c1.I. The molecule has 0 saturated carbocycles. The molecule has 0 bridgehead atoms. The lowest BCUT2D eigenvalue weighted by atomic mass is 10.1. The number of aliphatic imine (C=N–C) groups is 1. The molecule has 2 rings (SSSR count). The summed E-state index contributed by atoms with van der Waals surface area (Å²) >= 11 is 0. The molecule has 0 radical (unpaired) electrons. The smallest absolute Gasteiger partial charge is 0.377 e. The van der Waals surface area contributed by atoms with Crippen molar-refractivity contribution in [3.8, 4) is 0 Å². The zero-order valence-corrected chi connectivity index (χ0v) is 17.2. The van der Waals surface area contributed by atoms with E-state index in [4.69, 9.17) is 4.74 Å². The zero-order valence-electron chi connectivity index (χ0n) is 14.9. The van der Waals surface area contributed by atoms with Crippen LogP contribution in [0.25, 0.3) is 0 Å². The predicted octanol–water partition coefficient (Wildman–Crippen LogP) is 4.29. The predicted molar refractivity (Wildman–Crippen MR) is 108 cm³/mol. The number of benzene rings is 1. The lowest BCUT2D eigenvalue weighted by molar-refractivity contribution is -0.137. The van der Waals surface area contributed by atoms with Gasteiger partial charge in [-0.2, -0.15) is 13.2 Å². The molecule has 1 aliphatic heterocycles. The summed E-state index contributed by atoms with van der Waals surface area (Å²) in [6.45, 7) is 3.93. The highest BCUT2D eigenvalue weighted by Gasteiger charge is 2.30. The van der Waals surface area contributed by atoms with Crippen LogP contribution in [0.15, 0.2) is 40.9 Å². The Kier molecular flexibility index (Phi) is 9.42. The molecule has 0 spiro atoms. The van der Waals surface area contributed by atoms with E-state index in [2.05, 4.69) is 21.7 Å². The van der Waals surface area contributed by atoms with E-state index in [-0.39, 0.29) is 30.0 Å². The Morgan fingerprint density at radius 2 is 2.12 bits per heavy atom. The van der Waals surface area contributed by atoms with Crippen molar-refractivity contribution in [2.45, 2.75) is 32.0 Å². The van der Waals surface area contributed by atoms with Crippen LogP contribution in [0.4, 0.5) is 13.2 Å². The van der Waals surface area contributed by atoms with E-state index in [0.717, 1.165) is 31.6 Å². The van der Waals surface area contributed by atoms with Crippen LogP contribution in [0.3, 0.4) is 0 Å². The third-order valence-corrected chi connectivity index (χ3v) is 4.09. The highest BCUT2D eigenvalue weighted by Crippen LogP contribution is 2.30. The Morgan fingerprint density at radius 1 is 1.35 bits per heavy atom. The van der Waals surface area contributed by atoms with Crippen molar-refractivity contribution in [1.82, 2.24) is 10.6 Å². The van der Waals surface area contributed by atoms with Gasteiger partial charge in [-0.15, -0.1) is 24.0 Å². The van der Waals surface area contributed by atoms with Gasteiger partial charge < -0.3 is 15.4 Å². The second kappa shape index (κ2) is 10.8. The minimum Gasteiger partial charge on any atom is -0.377 e. The molecule has 0 saturated heterocycles. The Morgan fingerprint density at radius 3 is 2.73 bits per heavy atom. The molecular formula is C18H25F3IN3O. The maximum atomic E-state index is 12.8. The van der Waals surface area contributed by atoms with Crippen LogP contribution in [0.2, 0.25) is 0 Å². The van der Waals surface area contributed by atoms with Gasteiger partial charge >= 0.3 is 6.18 Å². The van der Waals surface area contributed by atoms with Crippen molar-refractivity contribution in [3.63, 3.8) is 0 Å². The Labute approximate surface area is 169 Å². The number of guanidine groups is 1. The molecule has 1 unspecified atom stereocenters. The number of alkyl halides is 3. The van der Waals surface area contributed by atoms with Gasteiger partial charge in [0, 0.05) is 13.6 Å². The third-order valence-electron chi connectivity index (χ3n) is 4.09. The number of nitrogens with one attached hydrogen (secondary N) is 2. The van der Waals surface area contributed by atoms with Gasteiger partial charge in [0.1, 0.15) is 0 Å².